The largest absolute Gasteiger partial charge is 0.360 e. The van der Waals surface area contributed by atoms with Gasteiger partial charge in [0.2, 0.25) is 0 Å². The minimum atomic E-state index is -0.679. The zero-order valence-corrected chi connectivity index (χ0v) is 19.9. The van der Waals surface area contributed by atoms with E-state index in [2.05, 4.69) is 25.3 Å². The highest BCUT2D eigenvalue weighted by Gasteiger charge is 2.22. The molecule has 1 atom stereocenters. The van der Waals surface area contributed by atoms with Gasteiger partial charge in [0.15, 0.2) is 11.5 Å². The lowest BCUT2D eigenvalue weighted by Gasteiger charge is -2.24. The van der Waals surface area contributed by atoms with Gasteiger partial charge in [0.25, 0.3) is 5.56 Å². The smallest absolute Gasteiger partial charge is 0.264 e. The maximum atomic E-state index is 14.3. The molecule has 0 saturated heterocycles. The number of rotatable bonds is 5. The minimum Gasteiger partial charge on any atom is -0.360 e. The van der Waals surface area contributed by atoms with Gasteiger partial charge in [-0.25, -0.2) is 19.3 Å². The van der Waals surface area contributed by atoms with E-state index in [1.54, 1.807) is 24.3 Å². The van der Waals surface area contributed by atoms with Crippen molar-refractivity contribution in [1.29, 1.82) is 0 Å². The molecule has 2 aromatic carbocycles. The molecule has 0 fully saturated rings. The second-order valence-corrected chi connectivity index (χ2v) is 8.84. The number of H-pyrrole nitrogens is 1. The molecule has 2 N–H and O–H groups in total. The highest BCUT2D eigenvalue weighted by atomic mass is 35.5. The molecule has 0 bridgehead atoms. The van der Waals surface area contributed by atoms with Crippen LogP contribution in [0.1, 0.15) is 25.1 Å². The fourth-order valence-electron chi connectivity index (χ4n) is 3.97. The Kier molecular flexibility index (Phi) is 5.89. The van der Waals surface area contributed by atoms with Crippen molar-refractivity contribution in [2.24, 2.45) is 0 Å². The lowest BCUT2D eigenvalue weighted by Crippen LogP contribution is -2.27. The number of anilines is 1. The number of benzene rings is 2. The normalized spacial score (nSPS) is 12.4. The van der Waals surface area contributed by atoms with E-state index in [1.165, 1.54) is 29.4 Å². The van der Waals surface area contributed by atoms with Crippen LogP contribution in [0, 0.1) is 5.82 Å². The Balaban J connectivity index is 1.78. The third-order valence-corrected chi connectivity index (χ3v) is 6.31. The summed E-state index contributed by atoms with van der Waals surface area (Å²) in [6, 6.07) is 8.95. The van der Waals surface area contributed by atoms with Crippen LogP contribution in [-0.4, -0.2) is 24.5 Å². The number of hydrogen-bond acceptors (Lipinski definition) is 5. The Hall–Kier alpha value is -3.20. The third kappa shape index (κ3) is 3.87. The van der Waals surface area contributed by atoms with Gasteiger partial charge in [-0.15, -0.1) is 0 Å². The summed E-state index contributed by atoms with van der Waals surface area (Å²) < 4.78 is 15.7. The van der Waals surface area contributed by atoms with Crippen molar-refractivity contribution in [2.75, 3.05) is 5.32 Å². The Morgan fingerprint density at radius 1 is 1.09 bits per heavy atom. The van der Waals surface area contributed by atoms with Crippen LogP contribution in [0.3, 0.4) is 0 Å². The zero-order valence-electron chi connectivity index (χ0n) is 17.6. The summed E-state index contributed by atoms with van der Waals surface area (Å²) in [4.78, 5) is 29.5. The molecule has 11 heteroatoms. The summed E-state index contributed by atoms with van der Waals surface area (Å²) >= 11 is 18.7. The first-order chi connectivity index (χ1) is 16.4. The molecular weight excluding hydrogens is 502 g/mol. The van der Waals surface area contributed by atoms with Gasteiger partial charge in [0, 0.05) is 15.7 Å². The molecule has 5 aromatic rings. The topological polar surface area (TPSA) is 88.5 Å². The molecule has 3 aromatic heterocycles. The Labute approximate surface area is 207 Å². The second-order valence-electron chi connectivity index (χ2n) is 7.59. The maximum Gasteiger partial charge on any atom is 0.264 e. The molecule has 0 radical (unpaired) electrons. The second kappa shape index (κ2) is 8.87. The van der Waals surface area contributed by atoms with Crippen LogP contribution >= 0.6 is 34.8 Å². The first kappa shape index (κ1) is 22.6. The maximum absolute atomic E-state index is 14.3. The summed E-state index contributed by atoms with van der Waals surface area (Å²) in [7, 11) is 0. The summed E-state index contributed by atoms with van der Waals surface area (Å²) in [5.41, 5.74) is 1.65. The highest BCUT2D eigenvalue weighted by molar-refractivity contribution is 6.36. The number of halogens is 4. The number of imidazole rings is 1. The van der Waals surface area contributed by atoms with Crippen LogP contribution in [0.4, 0.5) is 10.2 Å². The van der Waals surface area contributed by atoms with E-state index < -0.39 is 17.4 Å². The van der Waals surface area contributed by atoms with Crippen LogP contribution in [-0.2, 0) is 0 Å². The van der Waals surface area contributed by atoms with Gasteiger partial charge in [-0.2, -0.15) is 0 Å². The molecule has 172 valence electrons. The Morgan fingerprint density at radius 3 is 2.59 bits per heavy atom. The van der Waals surface area contributed by atoms with Crippen molar-refractivity contribution in [3.05, 3.63) is 86.0 Å². The van der Waals surface area contributed by atoms with Crippen molar-refractivity contribution in [3.8, 4) is 5.69 Å². The van der Waals surface area contributed by atoms with E-state index in [0.29, 0.717) is 50.2 Å². The molecule has 0 amide bonds. The fraction of sp³-hybridized carbons (Fsp3) is 0.130. The SMILES string of the molecule is CC[C@@H](Nc1ncnc2[nH]cnc12)c1cc2ccc(F)c(Cl)c2c(=O)n1-c1cc(Cl)cc(Cl)c1. The molecule has 7 nitrogen and oxygen atoms in total. The Morgan fingerprint density at radius 2 is 1.85 bits per heavy atom. The molecule has 0 aliphatic rings. The van der Waals surface area contributed by atoms with E-state index >= 15 is 0 Å². The van der Waals surface area contributed by atoms with Gasteiger partial charge in [-0.3, -0.25) is 9.36 Å². The van der Waals surface area contributed by atoms with E-state index in [0.717, 1.165) is 0 Å². The van der Waals surface area contributed by atoms with Gasteiger partial charge in [-0.05, 0) is 42.1 Å². The molecule has 0 saturated carbocycles. The minimum absolute atomic E-state index is 0.0631. The summed E-state index contributed by atoms with van der Waals surface area (Å²) in [5, 5.41) is 4.38. The molecule has 0 aliphatic carbocycles. The van der Waals surface area contributed by atoms with Crippen molar-refractivity contribution >= 4 is 62.6 Å². The van der Waals surface area contributed by atoms with Gasteiger partial charge in [-0.1, -0.05) is 47.8 Å². The van der Waals surface area contributed by atoms with Gasteiger partial charge in [0.1, 0.15) is 17.7 Å². The predicted molar refractivity (Wildman–Crippen MR) is 133 cm³/mol. The lowest BCUT2D eigenvalue weighted by molar-refractivity contribution is 0.629. The monoisotopic (exact) mass is 516 g/mol. The summed E-state index contributed by atoms with van der Waals surface area (Å²) in [6.45, 7) is 1.96. The van der Waals surface area contributed by atoms with Gasteiger partial charge in [0.05, 0.1) is 28.5 Å². The van der Waals surface area contributed by atoms with Gasteiger partial charge < -0.3 is 10.3 Å². The van der Waals surface area contributed by atoms with E-state index in [1.807, 2.05) is 6.92 Å². The number of hydrogen-bond donors (Lipinski definition) is 2. The molecular formula is C23H16Cl3FN6O. The summed E-state index contributed by atoms with van der Waals surface area (Å²) in [6.07, 6.45) is 3.52. The van der Waals surface area contributed by atoms with Crippen molar-refractivity contribution in [1.82, 2.24) is 24.5 Å². The van der Waals surface area contributed by atoms with E-state index in [-0.39, 0.29) is 10.4 Å². The van der Waals surface area contributed by atoms with Crippen LogP contribution in [0.15, 0.2) is 53.8 Å². The molecule has 34 heavy (non-hydrogen) atoms. The fourth-order valence-corrected chi connectivity index (χ4v) is 4.74. The van der Waals surface area contributed by atoms with Crippen molar-refractivity contribution in [2.45, 2.75) is 19.4 Å². The number of aromatic amines is 1. The lowest BCUT2D eigenvalue weighted by atomic mass is 10.0. The van der Waals surface area contributed by atoms with Crippen molar-refractivity contribution < 1.29 is 4.39 Å². The molecule has 0 aliphatic heterocycles. The van der Waals surface area contributed by atoms with Gasteiger partial charge >= 0.3 is 0 Å². The van der Waals surface area contributed by atoms with Crippen LogP contribution < -0.4 is 10.9 Å². The number of fused-ring (bicyclic) bond motifs is 2. The van der Waals surface area contributed by atoms with Crippen LogP contribution in [0.25, 0.3) is 27.6 Å². The molecule has 3 heterocycles. The number of aromatic nitrogens is 5. The number of nitrogens with zero attached hydrogens (tertiary/aromatic N) is 4. The van der Waals surface area contributed by atoms with E-state index in [9.17, 15) is 9.18 Å². The quantitative estimate of drug-likeness (QED) is 0.285. The van der Waals surface area contributed by atoms with E-state index in [4.69, 9.17) is 34.8 Å². The first-order valence-corrected chi connectivity index (χ1v) is 11.4. The molecule has 0 unspecified atom stereocenters. The summed E-state index contributed by atoms with van der Waals surface area (Å²) in [5.74, 6) is -0.180. The average Bonchev–Trinajstić information content (AvgIpc) is 3.28. The number of nitrogens with one attached hydrogen (secondary N) is 2. The average molecular weight is 518 g/mol. The predicted octanol–water partition coefficient (Wildman–Crippen LogP) is 6.32. The standard InChI is InChI=1S/C23H16Cl3FN6O/c1-2-16(32-22-20-21(29-9-28-20)30-10-31-22)17-5-11-3-4-15(27)19(26)18(11)23(34)33(17)14-7-12(24)6-13(25)8-14/h3-10,16H,2H2,1H3,(H2,28,29,30,31,32)/t16-/m1/s1. The number of pyridine rings is 1. The molecule has 5 rings (SSSR count). The van der Waals surface area contributed by atoms with Crippen molar-refractivity contribution in [3.63, 3.8) is 0 Å². The van der Waals surface area contributed by atoms with Crippen LogP contribution in [0.2, 0.25) is 15.1 Å². The third-order valence-electron chi connectivity index (χ3n) is 5.50. The zero-order chi connectivity index (χ0) is 24.0. The first-order valence-electron chi connectivity index (χ1n) is 10.3. The van der Waals surface area contributed by atoms with Crippen LogP contribution in [0.5, 0.6) is 0 Å². The molecule has 0 spiro atoms. The Bertz CT molecular complexity index is 1600. The highest BCUT2D eigenvalue weighted by Crippen LogP contribution is 2.32.